The highest BCUT2D eigenvalue weighted by molar-refractivity contribution is 7.89. The van der Waals surface area contributed by atoms with E-state index in [1.54, 1.807) is 81.4 Å². The largest absolute Gasteiger partial charge is 0.453 e. The third-order valence-corrected chi connectivity index (χ3v) is 11.9. The van der Waals surface area contributed by atoms with Crippen LogP contribution in [0.3, 0.4) is 0 Å². The number of rotatable bonds is 15. The topological polar surface area (TPSA) is 145 Å². The van der Waals surface area contributed by atoms with E-state index in [4.69, 9.17) is 4.74 Å². The number of methoxy groups -OCH3 is 1. The SMILES string of the molecule is COC(=O)N[C@H](C(=O)N[C@H](c1ccc([C@@H](CO)N(CCC(C)(C)C)S(=O)(=O)c2cc(F)c(CO)c(F)c2)s1)C(F)(F)F)C(c1ccccc1)c1ccccc1. The number of carbonyl (C=O) groups excluding carboxylic acids is 2. The lowest BCUT2D eigenvalue weighted by Crippen LogP contribution is -2.52. The van der Waals surface area contributed by atoms with Gasteiger partial charge < -0.3 is 25.6 Å². The Kier molecular flexibility index (Phi) is 14.2. The van der Waals surface area contributed by atoms with Gasteiger partial charge in [0.25, 0.3) is 0 Å². The summed E-state index contributed by atoms with van der Waals surface area (Å²) in [5.41, 5.74) is -0.255. The number of ether oxygens (including phenoxy) is 1. The van der Waals surface area contributed by atoms with Gasteiger partial charge in [-0.2, -0.15) is 17.5 Å². The van der Waals surface area contributed by atoms with E-state index in [1.807, 2.05) is 5.32 Å². The number of nitrogens with one attached hydrogen (secondary N) is 2. The van der Waals surface area contributed by atoms with Crippen LogP contribution >= 0.6 is 11.3 Å². The summed E-state index contributed by atoms with van der Waals surface area (Å²) in [6, 6.07) is 14.2. The van der Waals surface area contributed by atoms with Crippen molar-refractivity contribution < 1.29 is 54.9 Å². The minimum atomic E-state index is -5.11. The number of aliphatic hydroxyl groups is 2. The first-order valence-corrected chi connectivity index (χ1v) is 19.2. The molecule has 3 aromatic carbocycles. The fourth-order valence-corrected chi connectivity index (χ4v) is 8.74. The monoisotopic (exact) mass is 811 g/mol. The van der Waals surface area contributed by atoms with Crippen LogP contribution in [-0.2, 0) is 26.2 Å². The lowest BCUT2D eigenvalue weighted by atomic mass is 9.84. The number of halogens is 5. The summed E-state index contributed by atoms with van der Waals surface area (Å²) < 4.78 is 108. The van der Waals surface area contributed by atoms with Crippen LogP contribution in [0.25, 0.3) is 0 Å². The number of sulfonamides is 1. The normalized spacial score (nSPS) is 14.1. The van der Waals surface area contributed by atoms with E-state index >= 15 is 0 Å². The maximum Gasteiger partial charge on any atom is 0.413 e. The molecule has 0 saturated heterocycles. The summed E-state index contributed by atoms with van der Waals surface area (Å²) in [7, 11) is -3.79. The Labute approximate surface area is 320 Å². The molecule has 17 heteroatoms. The second-order valence-electron chi connectivity index (χ2n) is 13.8. The predicted octanol–water partition coefficient (Wildman–Crippen LogP) is 6.96. The number of thiophene rings is 1. The number of carbonyl (C=O) groups is 2. The lowest BCUT2D eigenvalue weighted by Gasteiger charge is -2.32. The zero-order chi connectivity index (χ0) is 40.7. The molecule has 1 aromatic heterocycles. The van der Waals surface area contributed by atoms with Crippen LogP contribution in [0, 0.1) is 17.0 Å². The van der Waals surface area contributed by atoms with Gasteiger partial charge in [0.15, 0.2) is 6.04 Å². The van der Waals surface area contributed by atoms with E-state index in [0.29, 0.717) is 34.6 Å². The number of hydrogen-bond donors (Lipinski definition) is 4. The van der Waals surface area contributed by atoms with Gasteiger partial charge in [-0.1, -0.05) is 81.4 Å². The summed E-state index contributed by atoms with van der Waals surface area (Å²) in [5, 5.41) is 24.3. The third-order valence-electron chi connectivity index (χ3n) is 8.75. The molecular weight excluding hydrogens is 770 g/mol. The van der Waals surface area contributed by atoms with Crippen LogP contribution in [0.15, 0.2) is 89.8 Å². The molecule has 4 N–H and O–H groups in total. The van der Waals surface area contributed by atoms with Crippen molar-refractivity contribution in [3.05, 3.63) is 123 Å². The maximum absolute atomic E-state index is 14.9. The molecule has 3 atom stereocenters. The van der Waals surface area contributed by atoms with Crippen molar-refractivity contribution in [1.29, 1.82) is 0 Å². The van der Waals surface area contributed by atoms with Gasteiger partial charge in [0, 0.05) is 27.8 Å². The van der Waals surface area contributed by atoms with Crippen LogP contribution < -0.4 is 10.6 Å². The van der Waals surface area contributed by atoms with E-state index in [1.165, 1.54) is 6.07 Å². The highest BCUT2D eigenvalue weighted by atomic mass is 32.2. The lowest BCUT2D eigenvalue weighted by molar-refractivity contribution is -0.163. The summed E-state index contributed by atoms with van der Waals surface area (Å²) >= 11 is 0.465. The molecule has 0 aliphatic heterocycles. The molecule has 0 aliphatic rings. The summed E-state index contributed by atoms with van der Waals surface area (Å²) in [4.78, 5) is 25.1. The quantitative estimate of drug-likeness (QED) is 0.0951. The molecule has 0 aliphatic carbocycles. The molecule has 0 saturated carbocycles. The second kappa shape index (κ2) is 18.0. The van der Waals surface area contributed by atoms with Crippen molar-refractivity contribution >= 4 is 33.4 Å². The predicted molar refractivity (Wildman–Crippen MR) is 195 cm³/mol. The van der Waals surface area contributed by atoms with Crippen molar-refractivity contribution in [3.8, 4) is 0 Å². The van der Waals surface area contributed by atoms with Crippen LogP contribution in [0.1, 0.15) is 71.6 Å². The number of aliphatic hydroxyl groups excluding tert-OH is 2. The molecule has 4 aromatic rings. The average Bonchev–Trinajstić information content (AvgIpc) is 3.60. The van der Waals surface area contributed by atoms with Crippen molar-refractivity contribution in [2.45, 2.75) is 68.9 Å². The number of alkyl carbamates (subject to hydrolysis) is 1. The first-order chi connectivity index (χ1) is 25.8. The zero-order valence-corrected chi connectivity index (χ0v) is 31.9. The Morgan fingerprint density at radius 1 is 0.855 bits per heavy atom. The number of alkyl halides is 3. The van der Waals surface area contributed by atoms with Gasteiger partial charge >= 0.3 is 12.3 Å². The Morgan fingerprint density at radius 2 is 1.38 bits per heavy atom. The van der Waals surface area contributed by atoms with Crippen LogP contribution in [0.5, 0.6) is 0 Å². The molecule has 55 heavy (non-hydrogen) atoms. The number of benzene rings is 3. The van der Waals surface area contributed by atoms with Gasteiger partial charge in [-0.05, 0) is 47.2 Å². The molecule has 1 heterocycles. The maximum atomic E-state index is 14.9. The fraction of sp³-hybridized carbons (Fsp3) is 0.368. The van der Waals surface area contributed by atoms with Crippen molar-refractivity contribution in [1.82, 2.24) is 14.9 Å². The first-order valence-electron chi connectivity index (χ1n) is 16.9. The van der Waals surface area contributed by atoms with Crippen LogP contribution in [-0.4, -0.2) is 67.4 Å². The van der Waals surface area contributed by atoms with E-state index in [2.05, 4.69) is 5.32 Å². The Bertz CT molecular complexity index is 1960. The fourth-order valence-electron chi connectivity index (χ4n) is 5.86. The molecule has 4 rings (SSSR count). The first kappa shape index (κ1) is 43.3. The summed E-state index contributed by atoms with van der Waals surface area (Å²) in [6.07, 6.45) is -6.02. The smallest absolute Gasteiger partial charge is 0.413 e. The molecule has 0 unspecified atom stereocenters. The second-order valence-corrected chi connectivity index (χ2v) is 16.8. The van der Waals surface area contributed by atoms with Gasteiger partial charge in [0.2, 0.25) is 15.9 Å². The van der Waals surface area contributed by atoms with Gasteiger partial charge in [-0.3, -0.25) is 4.79 Å². The van der Waals surface area contributed by atoms with Gasteiger partial charge in [-0.25, -0.2) is 22.0 Å². The van der Waals surface area contributed by atoms with Gasteiger partial charge in [0.05, 0.1) is 31.3 Å². The van der Waals surface area contributed by atoms with Crippen molar-refractivity contribution in [2.24, 2.45) is 5.41 Å². The highest BCUT2D eigenvalue weighted by Gasteiger charge is 2.46. The van der Waals surface area contributed by atoms with Crippen LogP contribution in [0.2, 0.25) is 0 Å². The molecular formula is C38H42F5N3O7S2. The number of amides is 2. The number of nitrogens with zero attached hydrogens (tertiary/aromatic N) is 1. The molecule has 0 spiro atoms. The average molecular weight is 812 g/mol. The Balaban J connectivity index is 1.77. The van der Waals surface area contributed by atoms with Crippen molar-refractivity contribution in [3.63, 3.8) is 0 Å². The molecule has 0 radical (unpaired) electrons. The van der Waals surface area contributed by atoms with Crippen LogP contribution in [0.4, 0.5) is 26.7 Å². The van der Waals surface area contributed by atoms with Gasteiger partial charge in [-0.15, -0.1) is 11.3 Å². The minimum Gasteiger partial charge on any atom is -0.453 e. The molecule has 10 nitrogen and oxygen atoms in total. The Morgan fingerprint density at radius 3 is 1.84 bits per heavy atom. The van der Waals surface area contributed by atoms with E-state index < -0.39 is 97.8 Å². The molecule has 0 bridgehead atoms. The standard InChI is InChI=1S/C38H42F5N3O7S2/c1-37(2,3)17-18-46(55(51,52)25-19-27(39)26(21-47)28(40)20-25)29(22-48)30-15-16-31(54-30)34(38(41,42)43)45-35(49)33(44-36(50)53-4)32(23-11-7-5-8-12-23)24-13-9-6-10-14-24/h5-16,19-20,29,32-34,47-48H,17-18,21-22H2,1-4H3,(H,44,50)(H,45,49)/t29-,33+,34-/m1/s1. The highest BCUT2D eigenvalue weighted by Crippen LogP contribution is 2.41. The zero-order valence-electron chi connectivity index (χ0n) is 30.3. The number of hydrogen-bond acceptors (Lipinski definition) is 8. The molecule has 0 fully saturated rings. The molecule has 298 valence electrons. The van der Waals surface area contributed by atoms with Crippen molar-refractivity contribution in [2.75, 3.05) is 20.3 Å². The third kappa shape index (κ3) is 10.7. The molecule has 2 amide bonds. The summed E-state index contributed by atoms with van der Waals surface area (Å²) in [5.74, 6) is -4.86. The van der Waals surface area contributed by atoms with E-state index in [0.717, 1.165) is 17.5 Å². The van der Waals surface area contributed by atoms with E-state index in [9.17, 15) is 50.2 Å². The van der Waals surface area contributed by atoms with E-state index in [-0.39, 0.29) is 17.8 Å². The summed E-state index contributed by atoms with van der Waals surface area (Å²) in [6.45, 7) is 3.10. The van der Waals surface area contributed by atoms with Gasteiger partial charge in [0.1, 0.15) is 17.7 Å². The minimum absolute atomic E-state index is 0.0675. The Hall–Kier alpha value is -4.42.